The Bertz CT molecular complexity index is 622. The van der Waals surface area contributed by atoms with Gasteiger partial charge in [0.25, 0.3) is 0 Å². The van der Waals surface area contributed by atoms with Crippen molar-refractivity contribution >= 4 is 5.97 Å². The standard InChI is InChI=1S/C15H18N2O4/c1-3-20-13-6-4-5-7-14(13)21-9-8-17-11(2)16-10-12(17)15(18)19/h4-7,10H,3,8-9H2,1-2H3,(H,18,19). The van der Waals surface area contributed by atoms with E-state index in [0.29, 0.717) is 37.1 Å². The van der Waals surface area contributed by atoms with Gasteiger partial charge in [0.15, 0.2) is 11.5 Å². The molecule has 0 bridgehead atoms. The summed E-state index contributed by atoms with van der Waals surface area (Å²) < 4.78 is 12.8. The number of ether oxygens (including phenoxy) is 2. The van der Waals surface area contributed by atoms with Gasteiger partial charge in [-0.15, -0.1) is 0 Å². The molecule has 0 saturated heterocycles. The van der Waals surface area contributed by atoms with E-state index in [1.165, 1.54) is 6.20 Å². The zero-order valence-electron chi connectivity index (χ0n) is 12.1. The maximum absolute atomic E-state index is 11.1. The lowest BCUT2D eigenvalue weighted by Crippen LogP contribution is -2.15. The molecule has 0 aliphatic carbocycles. The molecule has 2 aromatic rings. The number of aryl methyl sites for hydroxylation is 1. The molecule has 0 saturated carbocycles. The first-order valence-corrected chi connectivity index (χ1v) is 6.73. The normalized spacial score (nSPS) is 10.4. The van der Waals surface area contributed by atoms with Crippen LogP contribution in [0.4, 0.5) is 0 Å². The smallest absolute Gasteiger partial charge is 0.354 e. The summed E-state index contributed by atoms with van der Waals surface area (Å²) in [5.41, 5.74) is 0.161. The number of para-hydroxylation sites is 2. The molecule has 6 heteroatoms. The van der Waals surface area contributed by atoms with Gasteiger partial charge in [-0.05, 0) is 26.0 Å². The topological polar surface area (TPSA) is 73.6 Å². The monoisotopic (exact) mass is 290 g/mol. The molecule has 1 heterocycles. The second-order valence-electron chi connectivity index (χ2n) is 4.38. The number of hydrogen-bond donors (Lipinski definition) is 1. The van der Waals surface area contributed by atoms with Crippen molar-refractivity contribution in [3.8, 4) is 11.5 Å². The van der Waals surface area contributed by atoms with Crippen molar-refractivity contribution in [3.05, 3.63) is 42.0 Å². The van der Waals surface area contributed by atoms with Gasteiger partial charge in [0, 0.05) is 0 Å². The van der Waals surface area contributed by atoms with Gasteiger partial charge in [0.1, 0.15) is 18.1 Å². The number of nitrogens with zero attached hydrogens (tertiary/aromatic N) is 2. The molecule has 112 valence electrons. The molecule has 0 atom stereocenters. The third-order valence-electron chi connectivity index (χ3n) is 3.00. The molecule has 1 aromatic heterocycles. The van der Waals surface area contributed by atoms with E-state index in [4.69, 9.17) is 14.6 Å². The number of rotatable bonds is 7. The Morgan fingerprint density at radius 1 is 1.29 bits per heavy atom. The molecular weight excluding hydrogens is 272 g/mol. The maximum Gasteiger partial charge on any atom is 0.354 e. The fourth-order valence-electron chi connectivity index (χ4n) is 2.01. The zero-order valence-corrected chi connectivity index (χ0v) is 12.1. The summed E-state index contributed by atoms with van der Waals surface area (Å²) in [6.45, 7) is 4.98. The van der Waals surface area contributed by atoms with Gasteiger partial charge in [0.05, 0.1) is 19.3 Å². The summed E-state index contributed by atoms with van der Waals surface area (Å²) in [5, 5.41) is 9.09. The summed E-state index contributed by atoms with van der Waals surface area (Å²) in [5.74, 6) is 0.981. The largest absolute Gasteiger partial charge is 0.490 e. The number of aromatic nitrogens is 2. The summed E-state index contributed by atoms with van der Waals surface area (Å²) in [6, 6.07) is 7.40. The molecule has 0 aliphatic heterocycles. The number of carboxylic acids is 1. The number of benzene rings is 1. The fourth-order valence-corrected chi connectivity index (χ4v) is 2.01. The van der Waals surface area contributed by atoms with Crippen LogP contribution in [-0.4, -0.2) is 33.8 Å². The first-order valence-electron chi connectivity index (χ1n) is 6.73. The van der Waals surface area contributed by atoms with Crippen LogP contribution in [0, 0.1) is 6.92 Å². The third-order valence-corrected chi connectivity index (χ3v) is 3.00. The van der Waals surface area contributed by atoms with Gasteiger partial charge in [0.2, 0.25) is 0 Å². The molecular formula is C15H18N2O4. The highest BCUT2D eigenvalue weighted by Crippen LogP contribution is 2.26. The Morgan fingerprint density at radius 2 is 1.95 bits per heavy atom. The van der Waals surface area contributed by atoms with Crippen molar-refractivity contribution in [1.82, 2.24) is 9.55 Å². The van der Waals surface area contributed by atoms with Crippen molar-refractivity contribution in [2.75, 3.05) is 13.2 Å². The SMILES string of the molecule is CCOc1ccccc1OCCn1c(C(=O)O)cnc1C. The number of carboxylic acid groups (broad SMARTS) is 1. The average Bonchev–Trinajstić information content (AvgIpc) is 2.83. The van der Waals surface area contributed by atoms with Crippen LogP contribution in [0.25, 0.3) is 0 Å². The van der Waals surface area contributed by atoms with E-state index in [-0.39, 0.29) is 5.69 Å². The molecule has 0 amide bonds. The van der Waals surface area contributed by atoms with Gasteiger partial charge >= 0.3 is 5.97 Å². The minimum atomic E-state index is -0.995. The van der Waals surface area contributed by atoms with Crippen LogP contribution in [0.1, 0.15) is 23.2 Å². The molecule has 0 unspecified atom stereocenters. The van der Waals surface area contributed by atoms with Gasteiger partial charge in [-0.1, -0.05) is 12.1 Å². The Kier molecular flexibility index (Phi) is 4.81. The predicted octanol–water partition coefficient (Wildman–Crippen LogP) is 2.37. The highest BCUT2D eigenvalue weighted by atomic mass is 16.5. The summed E-state index contributed by atoms with van der Waals surface area (Å²) >= 11 is 0. The van der Waals surface area contributed by atoms with Gasteiger partial charge in [-0.25, -0.2) is 9.78 Å². The van der Waals surface area contributed by atoms with Crippen LogP contribution in [-0.2, 0) is 6.54 Å². The fraction of sp³-hybridized carbons (Fsp3) is 0.333. The van der Waals surface area contributed by atoms with Crippen molar-refractivity contribution in [2.45, 2.75) is 20.4 Å². The van der Waals surface area contributed by atoms with Crippen molar-refractivity contribution in [1.29, 1.82) is 0 Å². The average molecular weight is 290 g/mol. The first-order chi connectivity index (χ1) is 10.1. The minimum absolute atomic E-state index is 0.161. The molecule has 1 N–H and O–H groups in total. The van der Waals surface area contributed by atoms with Crippen LogP contribution in [0.5, 0.6) is 11.5 Å². The quantitative estimate of drug-likeness (QED) is 0.847. The van der Waals surface area contributed by atoms with Crippen LogP contribution in [0.3, 0.4) is 0 Å². The Labute approximate surface area is 122 Å². The van der Waals surface area contributed by atoms with Crippen LogP contribution < -0.4 is 9.47 Å². The Morgan fingerprint density at radius 3 is 2.57 bits per heavy atom. The van der Waals surface area contributed by atoms with Crippen LogP contribution in [0.15, 0.2) is 30.5 Å². The summed E-state index contributed by atoms with van der Waals surface area (Å²) in [4.78, 5) is 15.1. The highest BCUT2D eigenvalue weighted by Gasteiger charge is 2.13. The van der Waals surface area contributed by atoms with E-state index in [0.717, 1.165) is 0 Å². The molecule has 6 nitrogen and oxygen atoms in total. The molecule has 0 radical (unpaired) electrons. The minimum Gasteiger partial charge on any atom is -0.490 e. The van der Waals surface area contributed by atoms with E-state index in [2.05, 4.69) is 4.98 Å². The van der Waals surface area contributed by atoms with E-state index < -0.39 is 5.97 Å². The number of imidazole rings is 1. The molecule has 21 heavy (non-hydrogen) atoms. The van der Waals surface area contributed by atoms with Crippen molar-refractivity contribution in [3.63, 3.8) is 0 Å². The van der Waals surface area contributed by atoms with Gasteiger partial charge < -0.3 is 19.1 Å². The Hall–Kier alpha value is -2.50. The molecule has 2 rings (SSSR count). The first kappa shape index (κ1) is 14.9. The van der Waals surface area contributed by atoms with E-state index in [9.17, 15) is 4.79 Å². The molecule has 0 fully saturated rings. The zero-order chi connectivity index (χ0) is 15.2. The molecule has 1 aromatic carbocycles. The Balaban J connectivity index is 2.02. The predicted molar refractivity (Wildman–Crippen MR) is 77.0 cm³/mol. The second-order valence-corrected chi connectivity index (χ2v) is 4.38. The van der Waals surface area contributed by atoms with Gasteiger partial charge in [-0.2, -0.15) is 0 Å². The van der Waals surface area contributed by atoms with E-state index in [1.54, 1.807) is 11.5 Å². The van der Waals surface area contributed by atoms with Gasteiger partial charge in [-0.3, -0.25) is 0 Å². The maximum atomic E-state index is 11.1. The van der Waals surface area contributed by atoms with E-state index in [1.807, 2.05) is 31.2 Å². The van der Waals surface area contributed by atoms with Crippen molar-refractivity contribution in [2.24, 2.45) is 0 Å². The van der Waals surface area contributed by atoms with Crippen LogP contribution in [0.2, 0.25) is 0 Å². The van der Waals surface area contributed by atoms with Crippen molar-refractivity contribution < 1.29 is 19.4 Å². The van der Waals surface area contributed by atoms with Crippen LogP contribution >= 0.6 is 0 Å². The lowest BCUT2D eigenvalue weighted by Gasteiger charge is -2.13. The highest BCUT2D eigenvalue weighted by molar-refractivity contribution is 5.85. The lowest BCUT2D eigenvalue weighted by atomic mass is 10.3. The summed E-state index contributed by atoms with van der Waals surface area (Å²) in [7, 11) is 0. The second kappa shape index (κ2) is 6.78. The number of hydrogen-bond acceptors (Lipinski definition) is 4. The summed E-state index contributed by atoms with van der Waals surface area (Å²) in [6.07, 6.45) is 1.35. The van der Waals surface area contributed by atoms with E-state index >= 15 is 0 Å². The number of aromatic carboxylic acids is 1. The number of carbonyl (C=O) groups is 1. The lowest BCUT2D eigenvalue weighted by molar-refractivity contribution is 0.0683. The third kappa shape index (κ3) is 3.53. The molecule has 0 aliphatic rings. The molecule has 0 spiro atoms.